The van der Waals surface area contributed by atoms with Gasteiger partial charge in [0.05, 0.1) is 12.8 Å². The number of hydrogen-bond acceptors (Lipinski definition) is 5. The topological polar surface area (TPSA) is 68.4 Å². The molecule has 3 N–H and O–H groups in total. The largest absolute Gasteiger partial charge is 0.508 e. The van der Waals surface area contributed by atoms with Crippen LogP contribution in [0.3, 0.4) is 0 Å². The van der Waals surface area contributed by atoms with Gasteiger partial charge in [-0.1, -0.05) is 0 Å². The molecule has 0 atom stereocenters. The van der Waals surface area contributed by atoms with Gasteiger partial charge in [-0.3, -0.25) is 0 Å². The summed E-state index contributed by atoms with van der Waals surface area (Å²) in [5.74, 6) is 0.749. The maximum absolute atomic E-state index is 9.30. The Bertz CT molecular complexity index is 482. The van der Waals surface area contributed by atoms with E-state index in [0.29, 0.717) is 10.9 Å². The van der Waals surface area contributed by atoms with E-state index >= 15 is 0 Å². The van der Waals surface area contributed by atoms with Crippen molar-refractivity contribution in [1.29, 1.82) is 0 Å². The highest BCUT2D eigenvalue weighted by Crippen LogP contribution is 2.33. The van der Waals surface area contributed by atoms with Crippen LogP contribution >= 0.6 is 11.3 Å². The first-order valence-corrected chi connectivity index (χ1v) is 5.17. The second-order valence-corrected chi connectivity index (χ2v) is 3.85. The molecule has 0 saturated heterocycles. The second kappa shape index (κ2) is 3.78. The van der Waals surface area contributed by atoms with Gasteiger partial charge in [-0.05, 0) is 12.1 Å². The Hall–Kier alpha value is -1.75. The monoisotopic (exact) mass is 222 g/mol. The maximum Gasteiger partial charge on any atom is 0.180 e. The van der Waals surface area contributed by atoms with E-state index in [1.54, 1.807) is 25.3 Å². The molecular weight excluding hydrogens is 212 g/mol. The zero-order valence-electron chi connectivity index (χ0n) is 8.10. The summed E-state index contributed by atoms with van der Waals surface area (Å²) in [6.07, 6.45) is 0. The molecule has 0 bridgehead atoms. The minimum atomic E-state index is 0.166. The van der Waals surface area contributed by atoms with E-state index in [0.717, 1.165) is 11.3 Å². The number of benzene rings is 1. The van der Waals surface area contributed by atoms with E-state index in [9.17, 15) is 5.11 Å². The summed E-state index contributed by atoms with van der Waals surface area (Å²) in [6.45, 7) is 0. The Morgan fingerprint density at radius 2 is 2.27 bits per heavy atom. The number of phenolic OH excluding ortho intramolecular Hbond substituents is 1. The Labute approximate surface area is 91.0 Å². The van der Waals surface area contributed by atoms with E-state index in [4.69, 9.17) is 10.5 Å². The minimum absolute atomic E-state index is 0.166. The first-order valence-electron chi connectivity index (χ1n) is 4.29. The summed E-state index contributed by atoms with van der Waals surface area (Å²) < 4.78 is 5.15. The van der Waals surface area contributed by atoms with Crippen LogP contribution in [0.1, 0.15) is 0 Å². The number of thiazole rings is 1. The number of hydrogen-bond donors (Lipinski definition) is 2. The van der Waals surface area contributed by atoms with Crippen LogP contribution in [0.2, 0.25) is 0 Å². The number of nitrogens with two attached hydrogens (primary N) is 1. The maximum atomic E-state index is 9.30. The van der Waals surface area contributed by atoms with Gasteiger partial charge in [-0.2, -0.15) is 0 Å². The molecule has 2 aromatic rings. The highest BCUT2D eigenvalue weighted by Gasteiger charge is 2.09. The Balaban J connectivity index is 2.52. The molecule has 0 fully saturated rings. The third kappa shape index (κ3) is 1.87. The van der Waals surface area contributed by atoms with Gasteiger partial charge in [0.1, 0.15) is 11.5 Å². The van der Waals surface area contributed by atoms with Crippen molar-refractivity contribution in [3.05, 3.63) is 23.6 Å². The number of nitrogen functional groups attached to an aromatic ring is 1. The molecule has 5 heteroatoms. The molecule has 0 aliphatic rings. The lowest BCUT2D eigenvalue weighted by atomic mass is 10.1. The summed E-state index contributed by atoms with van der Waals surface area (Å²) in [5.41, 5.74) is 7.14. The van der Waals surface area contributed by atoms with E-state index < -0.39 is 0 Å². The van der Waals surface area contributed by atoms with E-state index in [2.05, 4.69) is 4.98 Å². The van der Waals surface area contributed by atoms with Gasteiger partial charge in [0, 0.05) is 17.0 Å². The molecule has 0 unspecified atom stereocenters. The molecule has 2 rings (SSSR count). The molecule has 0 radical (unpaired) electrons. The van der Waals surface area contributed by atoms with Crippen molar-refractivity contribution in [2.24, 2.45) is 0 Å². The van der Waals surface area contributed by atoms with Crippen LogP contribution in [0, 0.1) is 0 Å². The predicted molar refractivity (Wildman–Crippen MR) is 60.2 cm³/mol. The van der Waals surface area contributed by atoms with Crippen LogP contribution in [0.5, 0.6) is 11.5 Å². The number of aromatic hydroxyl groups is 1. The molecule has 4 nitrogen and oxygen atoms in total. The second-order valence-electron chi connectivity index (χ2n) is 2.96. The number of anilines is 1. The SMILES string of the molecule is COc1cc(O)ccc1-c1csc(N)n1. The average Bonchev–Trinajstić information content (AvgIpc) is 2.64. The minimum Gasteiger partial charge on any atom is -0.508 e. The van der Waals surface area contributed by atoms with Gasteiger partial charge in [-0.25, -0.2) is 4.98 Å². The number of aromatic nitrogens is 1. The molecule has 0 aliphatic heterocycles. The van der Waals surface area contributed by atoms with Crippen LogP contribution in [-0.4, -0.2) is 17.2 Å². The standard InChI is InChI=1S/C10H10N2O2S/c1-14-9-4-6(13)2-3-7(9)8-5-15-10(11)12-8/h2-5,13H,1H3,(H2,11,12). The first kappa shape index (κ1) is 9.79. The first-order chi connectivity index (χ1) is 7.20. The Kier molecular flexibility index (Phi) is 2.47. The molecule has 0 amide bonds. The normalized spacial score (nSPS) is 10.2. The Morgan fingerprint density at radius 1 is 1.47 bits per heavy atom. The van der Waals surface area contributed by atoms with Crippen molar-refractivity contribution in [3.8, 4) is 22.8 Å². The van der Waals surface area contributed by atoms with E-state index in [1.165, 1.54) is 11.3 Å². The van der Waals surface area contributed by atoms with Crippen molar-refractivity contribution in [3.63, 3.8) is 0 Å². The molecule has 1 heterocycles. The summed E-state index contributed by atoms with van der Waals surface area (Å²) >= 11 is 1.37. The van der Waals surface area contributed by atoms with Gasteiger partial charge in [0.25, 0.3) is 0 Å². The summed E-state index contributed by atoms with van der Waals surface area (Å²) in [6, 6.07) is 4.89. The van der Waals surface area contributed by atoms with Crippen LogP contribution in [-0.2, 0) is 0 Å². The lowest BCUT2D eigenvalue weighted by Crippen LogP contribution is -1.88. The number of methoxy groups -OCH3 is 1. The van der Waals surface area contributed by atoms with Crippen LogP contribution < -0.4 is 10.5 Å². The highest BCUT2D eigenvalue weighted by atomic mass is 32.1. The molecule has 78 valence electrons. The molecular formula is C10H10N2O2S. The average molecular weight is 222 g/mol. The lowest BCUT2D eigenvalue weighted by molar-refractivity contribution is 0.409. The molecule has 1 aromatic carbocycles. The molecule has 15 heavy (non-hydrogen) atoms. The third-order valence-corrected chi connectivity index (χ3v) is 2.66. The van der Waals surface area contributed by atoms with Crippen molar-refractivity contribution >= 4 is 16.5 Å². The van der Waals surface area contributed by atoms with Gasteiger partial charge in [0.2, 0.25) is 0 Å². The number of nitrogens with zero attached hydrogens (tertiary/aromatic N) is 1. The smallest absolute Gasteiger partial charge is 0.180 e. The number of ether oxygens (including phenoxy) is 1. The molecule has 0 saturated carbocycles. The highest BCUT2D eigenvalue weighted by molar-refractivity contribution is 7.13. The number of phenols is 1. The van der Waals surface area contributed by atoms with Crippen molar-refractivity contribution in [2.45, 2.75) is 0 Å². The summed E-state index contributed by atoms with van der Waals surface area (Å²) in [4.78, 5) is 4.15. The van der Waals surface area contributed by atoms with Gasteiger partial charge in [-0.15, -0.1) is 11.3 Å². The number of rotatable bonds is 2. The van der Waals surface area contributed by atoms with E-state index in [-0.39, 0.29) is 5.75 Å². The molecule has 1 aromatic heterocycles. The fraction of sp³-hybridized carbons (Fsp3) is 0.100. The Morgan fingerprint density at radius 3 is 2.87 bits per heavy atom. The van der Waals surface area contributed by atoms with Crippen molar-refractivity contribution in [2.75, 3.05) is 12.8 Å². The van der Waals surface area contributed by atoms with Crippen molar-refractivity contribution in [1.82, 2.24) is 4.98 Å². The zero-order valence-corrected chi connectivity index (χ0v) is 8.91. The molecule has 0 spiro atoms. The quantitative estimate of drug-likeness (QED) is 0.816. The summed E-state index contributed by atoms with van der Waals surface area (Å²) in [7, 11) is 1.55. The predicted octanol–water partition coefficient (Wildman–Crippen LogP) is 2.11. The van der Waals surface area contributed by atoms with Gasteiger partial charge >= 0.3 is 0 Å². The van der Waals surface area contributed by atoms with Gasteiger partial charge < -0.3 is 15.6 Å². The van der Waals surface area contributed by atoms with Crippen LogP contribution in [0.4, 0.5) is 5.13 Å². The van der Waals surface area contributed by atoms with E-state index in [1.807, 2.05) is 5.38 Å². The van der Waals surface area contributed by atoms with Gasteiger partial charge in [0.15, 0.2) is 5.13 Å². The van der Waals surface area contributed by atoms with Crippen LogP contribution in [0.25, 0.3) is 11.3 Å². The summed E-state index contributed by atoms with van der Waals surface area (Å²) in [5, 5.41) is 11.7. The lowest BCUT2D eigenvalue weighted by Gasteiger charge is -2.06. The fourth-order valence-corrected chi connectivity index (χ4v) is 1.87. The molecule has 0 aliphatic carbocycles. The third-order valence-electron chi connectivity index (χ3n) is 1.98. The van der Waals surface area contributed by atoms with Crippen molar-refractivity contribution < 1.29 is 9.84 Å². The zero-order chi connectivity index (χ0) is 10.8. The fourth-order valence-electron chi connectivity index (χ4n) is 1.30. The van der Waals surface area contributed by atoms with Crippen LogP contribution in [0.15, 0.2) is 23.6 Å².